The molecule has 3 N–H and O–H groups in total. The number of benzene rings is 2. The first-order valence-electron chi connectivity index (χ1n) is 9.46. The second kappa shape index (κ2) is 9.82. The van der Waals surface area contributed by atoms with Crippen LogP contribution in [0.1, 0.15) is 24.1 Å². The quantitative estimate of drug-likeness (QED) is 0.610. The van der Waals surface area contributed by atoms with Crippen LogP contribution in [0.5, 0.6) is 17.2 Å². The minimum atomic E-state index is -0.284. The number of hydrazine groups is 1. The van der Waals surface area contributed by atoms with Gasteiger partial charge in [0.15, 0.2) is 0 Å². The van der Waals surface area contributed by atoms with E-state index in [1.54, 1.807) is 20.3 Å². The van der Waals surface area contributed by atoms with E-state index in [0.717, 1.165) is 11.1 Å². The predicted molar refractivity (Wildman–Crippen MR) is 111 cm³/mol. The van der Waals surface area contributed by atoms with Gasteiger partial charge in [0.1, 0.15) is 17.2 Å². The van der Waals surface area contributed by atoms with Crippen LogP contribution in [0.25, 0.3) is 0 Å². The maximum Gasteiger partial charge on any atom is 0.226 e. The molecule has 1 aliphatic heterocycles. The van der Waals surface area contributed by atoms with Crippen molar-refractivity contribution in [2.24, 2.45) is 5.92 Å². The van der Waals surface area contributed by atoms with E-state index in [0.29, 0.717) is 42.0 Å². The van der Waals surface area contributed by atoms with Crippen LogP contribution in [0.3, 0.4) is 0 Å². The zero-order valence-corrected chi connectivity index (χ0v) is 17.5. The molecule has 0 saturated carbocycles. The molecule has 0 radical (unpaired) electrons. The van der Waals surface area contributed by atoms with Crippen LogP contribution in [-0.4, -0.2) is 33.3 Å². The highest BCUT2D eigenvalue weighted by atomic mass is 35.5. The lowest BCUT2D eigenvalue weighted by molar-refractivity contribution is -0.125. The highest BCUT2D eigenvalue weighted by molar-refractivity contribution is 6.32. The number of carbonyl (C=O) groups excluding carboxylic acids is 1. The number of rotatable bonds is 8. The molecule has 0 bridgehead atoms. The van der Waals surface area contributed by atoms with Gasteiger partial charge in [-0.15, -0.1) is 0 Å². The first-order valence-corrected chi connectivity index (χ1v) is 9.84. The summed E-state index contributed by atoms with van der Waals surface area (Å²) in [7, 11) is 3.19. The van der Waals surface area contributed by atoms with Crippen molar-refractivity contribution < 1.29 is 19.0 Å². The Morgan fingerprint density at radius 3 is 2.69 bits per heavy atom. The summed E-state index contributed by atoms with van der Waals surface area (Å²) in [4.78, 5) is 12.9. The summed E-state index contributed by atoms with van der Waals surface area (Å²) in [5.41, 5.74) is 8.04. The summed E-state index contributed by atoms with van der Waals surface area (Å²) < 4.78 is 16.1. The molecular formula is C21H26ClN3O4. The summed E-state index contributed by atoms with van der Waals surface area (Å²) >= 11 is 6.32. The van der Waals surface area contributed by atoms with E-state index < -0.39 is 0 Å². The summed E-state index contributed by atoms with van der Waals surface area (Å²) in [6.45, 7) is 3.33. The molecule has 0 aromatic heterocycles. The Morgan fingerprint density at radius 2 is 2.00 bits per heavy atom. The average molecular weight is 420 g/mol. The van der Waals surface area contributed by atoms with Crippen LogP contribution in [0, 0.1) is 5.92 Å². The molecule has 2 aromatic carbocycles. The molecule has 1 fully saturated rings. The Balaban J connectivity index is 1.68. The van der Waals surface area contributed by atoms with E-state index in [1.807, 2.05) is 37.3 Å². The van der Waals surface area contributed by atoms with Crippen LogP contribution in [0.15, 0.2) is 36.4 Å². The van der Waals surface area contributed by atoms with Gasteiger partial charge in [-0.25, -0.2) is 5.43 Å². The molecule has 1 aliphatic rings. The average Bonchev–Trinajstić information content (AvgIpc) is 3.23. The van der Waals surface area contributed by atoms with Crippen molar-refractivity contribution >= 4 is 17.5 Å². The van der Waals surface area contributed by atoms with Crippen LogP contribution >= 0.6 is 11.6 Å². The number of halogens is 1. The number of carbonyl (C=O) groups is 1. The Hall–Kier alpha value is -2.48. The van der Waals surface area contributed by atoms with Crippen molar-refractivity contribution in [1.29, 1.82) is 0 Å². The second-order valence-corrected chi connectivity index (χ2v) is 7.04. The lowest BCUT2D eigenvalue weighted by Gasteiger charge is -2.20. The summed E-state index contributed by atoms with van der Waals surface area (Å²) in [5, 5.41) is 3.53. The topological polar surface area (TPSA) is 80.9 Å². The molecule has 0 aliphatic carbocycles. The number of amides is 1. The lowest BCUT2D eigenvalue weighted by Crippen LogP contribution is -2.34. The number of nitrogens with one attached hydrogen (secondary N) is 3. The molecule has 1 amide bonds. The van der Waals surface area contributed by atoms with Crippen molar-refractivity contribution in [3.63, 3.8) is 0 Å². The SMILES string of the molecule is CCOc1ccc(C2NNCC2C(=O)NCc2ccc(OC)cc2OC)cc1Cl. The van der Waals surface area contributed by atoms with Crippen molar-refractivity contribution in [3.05, 3.63) is 52.5 Å². The van der Waals surface area contributed by atoms with Gasteiger partial charge in [0, 0.05) is 24.7 Å². The van der Waals surface area contributed by atoms with Gasteiger partial charge in [-0.2, -0.15) is 0 Å². The van der Waals surface area contributed by atoms with Crippen molar-refractivity contribution in [3.8, 4) is 17.2 Å². The van der Waals surface area contributed by atoms with Crippen LogP contribution in [-0.2, 0) is 11.3 Å². The monoisotopic (exact) mass is 419 g/mol. The predicted octanol–water partition coefficient (Wildman–Crippen LogP) is 2.84. The summed E-state index contributed by atoms with van der Waals surface area (Å²) in [6, 6.07) is 10.9. The third kappa shape index (κ3) is 4.93. The van der Waals surface area contributed by atoms with Gasteiger partial charge < -0.3 is 19.5 Å². The first-order chi connectivity index (χ1) is 14.1. The van der Waals surface area contributed by atoms with Crippen molar-refractivity contribution in [2.45, 2.75) is 19.5 Å². The molecular weight excluding hydrogens is 394 g/mol. The van der Waals surface area contributed by atoms with Crippen molar-refractivity contribution in [1.82, 2.24) is 16.2 Å². The number of ether oxygens (including phenoxy) is 3. The Morgan fingerprint density at radius 1 is 1.17 bits per heavy atom. The van der Waals surface area contributed by atoms with E-state index >= 15 is 0 Å². The third-order valence-corrected chi connectivity index (χ3v) is 5.18. The van der Waals surface area contributed by atoms with Crippen molar-refractivity contribution in [2.75, 3.05) is 27.4 Å². The fourth-order valence-corrected chi connectivity index (χ4v) is 3.59. The van der Waals surface area contributed by atoms with E-state index in [2.05, 4.69) is 16.2 Å². The van der Waals surface area contributed by atoms with E-state index in [1.165, 1.54) is 0 Å². The molecule has 2 aromatic rings. The summed E-state index contributed by atoms with van der Waals surface area (Å²) in [5.74, 6) is 1.66. The molecule has 3 rings (SSSR count). The zero-order chi connectivity index (χ0) is 20.8. The fraction of sp³-hybridized carbons (Fsp3) is 0.381. The van der Waals surface area contributed by atoms with Gasteiger partial charge in [0.05, 0.1) is 37.8 Å². The van der Waals surface area contributed by atoms with Gasteiger partial charge in [-0.3, -0.25) is 10.2 Å². The maximum atomic E-state index is 12.9. The van der Waals surface area contributed by atoms with Gasteiger partial charge in [0.25, 0.3) is 0 Å². The number of hydrogen-bond acceptors (Lipinski definition) is 6. The second-order valence-electron chi connectivity index (χ2n) is 6.63. The largest absolute Gasteiger partial charge is 0.497 e. The molecule has 1 saturated heterocycles. The van der Waals surface area contributed by atoms with Crippen LogP contribution in [0.4, 0.5) is 0 Å². The van der Waals surface area contributed by atoms with Crippen LogP contribution < -0.4 is 30.4 Å². The van der Waals surface area contributed by atoms with E-state index in [-0.39, 0.29) is 17.9 Å². The Labute approximate surface area is 175 Å². The molecule has 0 spiro atoms. The van der Waals surface area contributed by atoms with Gasteiger partial charge in [-0.05, 0) is 36.8 Å². The normalized spacial score (nSPS) is 18.3. The molecule has 29 heavy (non-hydrogen) atoms. The molecule has 156 valence electrons. The minimum absolute atomic E-state index is 0.0598. The Kier molecular flexibility index (Phi) is 7.19. The fourth-order valence-electron chi connectivity index (χ4n) is 3.35. The van der Waals surface area contributed by atoms with E-state index in [9.17, 15) is 4.79 Å². The molecule has 2 atom stereocenters. The van der Waals surface area contributed by atoms with Gasteiger partial charge in [-0.1, -0.05) is 17.7 Å². The summed E-state index contributed by atoms with van der Waals surface area (Å²) in [6.07, 6.45) is 0. The van der Waals surface area contributed by atoms with Gasteiger partial charge in [0.2, 0.25) is 5.91 Å². The molecule has 8 heteroatoms. The highest BCUT2D eigenvalue weighted by Crippen LogP contribution is 2.32. The Bertz CT molecular complexity index is 862. The van der Waals surface area contributed by atoms with Crippen LogP contribution in [0.2, 0.25) is 5.02 Å². The lowest BCUT2D eigenvalue weighted by atomic mass is 9.94. The zero-order valence-electron chi connectivity index (χ0n) is 16.8. The smallest absolute Gasteiger partial charge is 0.226 e. The molecule has 1 heterocycles. The molecule has 7 nitrogen and oxygen atoms in total. The standard InChI is InChI=1S/C21H26ClN3O4/c1-4-29-18-8-6-13(9-17(18)22)20-16(12-24-25-20)21(26)23-11-14-5-7-15(27-2)10-19(14)28-3/h5-10,16,20,24-25H,4,11-12H2,1-3H3,(H,23,26). The molecule has 2 unspecified atom stereocenters. The number of hydrogen-bond donors (Lipinski definition) is 3. The van der Waals surface area contributed by atoms with E-state index in [4.69, 9.17) is 25.8 Å². The first kappa shape index (κ1) is 21.2. The maximum absolute atomic E-state index is 12.9. The minimum Gasteiger partial charge on any atom is -0.497 e. The third-order valence-electron chi connectivity index (χ3n) is 4.88. The highest BCUT2D eigenvalue weighted by Gasteiger charge is 2.34. The van der Waals surface area contributed by atoms with Gasteiger partial charge >= 0.3 is 0 Å². The number of methoxy groups -OCH3 is 2.